The van der Waals surface area contributed by atoms with E-state index in [-0.39, 0.29) is 12.2 Å². The first-order chi connectivity index (χ1) is 14.9. The molecule has 0 bridgehead atoms. The van der Waals surface area contributed by atoms with E-state index in [1.807, 2.05) is 0 Å². The second kappa shape index (κ2) is 11.3. The Morgan fingerprint density at radius 1 is 0.938 bits per heavy atom. The molecule has 1 unspecified atom stereocenters. The van der Waals surface area contributed by atoms with Gasteiger partial charge in [-0.25, -0.2) is 0 Å². The van der Waals surface area contributed by atoms with Gasteiger partial charge in [0.1, 0.15) is 18.0 Å². The van der Waals surface area contributed by atoms with Gasteiger partial charge in [0, 0.05) is 10.9 Å². The molecule has 0 spiro atoms. The molecule has 0 fully saturated rings. The molecule has 0 radical (unpaired) electrons. The summed E-state index contributed by atoms with van der Waals surface area (Å²) in [7, 11) is 0. The van der Waals surface area contributed by atoms with E-state index in [0.717, 1.165) is 11.1 Å². The zero-order valence-electron chi connectivity index (χ0n) is 17.8. The van der Waals surface area contributed by atoms with Crippen LogP contribution in [0, 0.1) is 0 Å². The summed E-state index contributed by atoms with van der Waals surface area (Å²) in [5.74, 6) is -0.470. The Morgan fingerprint density at radius 2 is 1.56 bits per heavy atom. The number of aliphatic hydroxyl groups is 4. The minimum absolute atomic E-state index is 0.101. The van der Waals surface area contributed by atoms with Crippen LogP contribution in [0.4, 0.5) is 13.2 Å². The molecular formula is C23H28ClF3O5. The first-order valence-corrected chi connectivity index (χ1v) is 10.6. The molecule has 0 heterocycles. The number of benzene rings is 2. The molecule has 0 aliphatic rings. The van der Waals surface area contributed by atoms with Crippen molar-refractivity contribution in [1.82, 2.24) is 0 Å². The lowest BCUT2D eigenvalue weighted by molar-refractivity contribution is -0.153. The third-order valence-electron chi connectivity index (χ3n) is 5.34. The van der Waals surface area contributed by atoms with Crippen molar-refractivity contribution in [2.24, 2.45) is 0 Å². The van der Waals surface area contributed by atoms with Crippen LogP contribution in [-0.2, 0) is 6.42 Å². The summed E-state index contributed by atoms with van der Waals surface area (Å²) in [6, 6.07) is 11.3. The van der Waals surface area contributed by atoms with Crippen LogP contribution in [0.5, 0.6) is 5.75 Å². The van der Waals surface area contributed by atoms with Crippen molar-refractivity contribution in [1.29, 1.82) is 0 Å². The Morgan fingerprint density at radius 3 is 2.12 bits per heavy atom. The quantitative estimate of drug-likeness (QED) is 0.418. The highest BCUT2D eigenvalue weighted by Gasteiger charge is 2.33. The van der Waals surface area contributed by atoms with Gasteiger partial charge in [-0.1, -0.05) is 49.7 Å². The lowest BCUT2D eigenvalue weighted by Crippen LogP contribution is -2.46. The number of hydrogen-bond acceptors (Lipinski definition) is 5. The van der Waals surface area contributed by atoms with E-state index >= 15 is 0 Å². The van der Waals surface area contributed by atoms with Crippen LogP contribution in [0.25, 0.3) is 0 Å². The van der Waals surface area contributed by atoms with Crippen LogP contribution in [0.3, 0.4) is 0 Å². The zero-order valence-corrected chi connectivity index (χ0v) is 18.5. The Bertz CT molecular complexity index is 860. The third kappa shape index (κ3) is 7.35. The van der Waals surface area contributed by atoms with E-state index in [9.17, 15) is 33.6 Å². The molecule has 2 aromatic rings. The summed E-state index contributed by atoms with van der Waals surface area (Å²) in [5.41, 5.74) is 2.17. The molecule has 2 rings (SSSR count). The van der Waals surface area contributed by atoms with Gasteiger partial charge in [-0.3, -0.25) is 0 Å². The first-order valence-electron chi connectivity index (χ1n) is 10.2. The van der Waals surface area contributed by atoms with Crippen LogP contribution in [0.15, 0.2) is 42.5 Å². The second-order valence-corrected chi connectivity index (χ2v) is 8.22. The van der Waals surface area contributed by atoms with Gasteiger partial charge in [0.2, 0.25) is 0 Å². The second-order valence-electron chi connectivity index (χ2n) is 7.81. The Balaban J connectivity index is 2.12. The van der Waals surface area contributed by atoms with E-state index in [4.69, 9.17) is 16.3 Å². The molecule has 5 nitrogen and oxygen atoms in total. The molecule has 0 aromatic heterocycles. The van der Waals surface area contributed by atoms with Crippen molar-refractivity contribution >= 4 is 11.6 Å². The van der Waals surface area contributed by atoms with E-state index in [1.165, 1.54) is 12.1 Å². The van der Waals surface area contributed by atoms with E-state index < -0.39 is 43.1 Å². The summed E-state index contributed by atoms with van der Waals surface area (Å²) in [6.07, 6.45) is -9.31. The molecule has 0 aliphatic heterocycles. The summed E-state index contributed by atoms with van der Waals surface area (Å²) >= 11 is 6.30. The Hall–Kier alpha value is -1.84. The molecule has 0 amide bonds. The van der Waals surface area contributed by atoms with Gasteiger partial charge in [-0.2, -0.15) is 13.2 Å². The average Bonchev–Trinajstić information content (AvgIpc) is 2.76. The molecule has 4 N–H and O–H groups in total. The zero-order chi connectivity index (χ0) is 24.1. The molecule has 178 valence electrons. The lowest BCUT2D eigenvalue weighted by Gasteiger charge is -2.30. The third-order valence-corrected chi connectivity index (χ3v) is 5.71. The van der Waals surface area contributed by atoms with Gasteiger partial charge in [0.15, 0.2) is 6.61 Å². The Labute approximate surface area is 190 Å². The van der Waals surface area contributed by atoms with E-state index in [0.29, 0.717) is 17.0 Å². The number of alkyl halides is 3. The minimum Gasteiger partial charge on any atom is -0.484 e. The largest absolute Gasteiger partial charge is 0.484 e. The van der Waals surface area contributed by atoms with Gasteiger partial charge >= 0.3 is 6.18 Å². The fourth-order valence-electron chi connectivity index (χ4n) is 3.27. The normalized spacial score (nSPS) is 16.8. The number of ether oxygens (including phenoxy) is 1. The van der Waals surface area contributed by atoms with Crippen molar-refractivity contribution in [3.63, 3.8) is 0 Å². The van der Waals surface area contributed by atoms with Crippen molar-refractivity contribution in [3.05, 3.63) is 64.2 Å². The predicted molar refractivity (Wildman–Crippen MR) is 115 cm³/mol. The smallest absolute Gasteiger partial charge is 0.422 e. The standard InChI is InChI=1S/C23H28ClF3O5/c1-3-19(28)21(30)22(31)20(29)13(2)15-6-9-18(24)16(11-15)10-14-4-7-17(8-5-14)32-12-23(25,26)27/h4-9,11,13,19-22,28-31H,3,10,12H2,1-2H3/t13?,19-,20+,21-,22-/m1/s1. The highest BCUT2D eigenvalue weighted by atomic mass is 35.5. The average molecular weight is 477 g/mol. The first kappa shape index (κ1) is 26.4. The van der Waals surface area contributed by atoms with Gasteiger partial charge in [0.25, 0.3) is 0 Å². The monoisotopic (exact) mass is 476 g/mol. The summed E-state index contributed by atoms with van der Waals surface area (Å²) in [5, 5.41) is 40.9. The summed E-state index contributed by atoms with van der Waals surface area (Å²) in [4.78, 5) is 0. The van der Waals surface area contributed by atoms with Crippen LogP contribution >= 0.6 is 11.6 Å². The number of halogens is 4. The molecule has 32 heavy (non-hydrogen) atoms. The van der Waals surface area contributed by atoms with Gasteiger partial charge in [-0.05, 0) is 47.7 Å². The molecule has 0 saturated carbocycles. The fraction of sp³-hybridized carbons (Fsp3) is 0.478. The van der Waals surface area contributed by atoms with Crippen molar-refractivity contribution in [3.8, 4) is 5.75 Å². The fourth-order valence-corrected chi connectivity index (χ4v) is 3.45. The summed E-state index contributed by atoms with van der Waals surface area (Å²) in [6.45, 7) is 1.96. The van der Waals surface area contributed by atoms with Gasteiger partial charge in [-0.15, -0.1) is 0 Å². The van der Waals surface area contributed by atoms with Crippen LogP contribution < -0.4 is 4.74 Å². The maximum absolute atomic E-state index is 12.3. The molecule has 0 aliphatic carbocycles. The number of hydrogen-bond donors (Lipinski definition) is 4. The van der Waals surface area contributed by atoms with Crippen molar-refractivity contribution in [2.45, 2.75) is 63.2 Å². The molecular weight excluding hydrogens is 449 g/mol. The highest BCUT2D eigenvalue weighted by Crippen LogP contribution is 2.29. The summed E-state index contributed by atoms with van der Waals surface area (Å²) < 4.78 is 41.5. The highest BCUT2D eigenvalue weighted by molar-refractivity contribution is 6.31. The topological polar surface area (TPSA) is 90.2 Å². The number of rotatable bonds is 10. The van der Waals surface area contributed by atoms with E-state index in [1.54, 1.807) is 44.2 Å². The SMILES string of the molecule is CC[C@@H](O)[C@@H](O)[C@H](O)[C@@H](O)C(C)c1ccc(Cl)c(Cc2ccc(OCC(F)(F)F)cc2)c1. The van der Waals surface area contributed by atoms with Gasteiger partial charge in [0.05, 0.1) is 12.2 Å². The Kier molecular flexibility index (Phi) is 9.36. The number of aliphatic hydroxyl groups excluding tert-OH is 4. The molecule has 9 heteroatoms. The maximum Gasteiger partial charge on any atom is 0.422 e. The van der Waals surface area contributed by atoms with Crippen LogP contribution in [0.2, 0.25) is 5.02 Å². The molecule has 2 aromatic carbocycles. The van der Waals surface area contributed by atoms with Crippen molar-refractivity contribution in [2.75, 3.05) is 6.61 Å². The minimum atomic E-state index is -4.41. The van der Waals surface area contributed by atoms with Crippen LogP contribution in [-0.4, -0.2) is 57.6 Å². The molecule has 5 atom stereocenters. The molecule has 0 saturated heterocycles. The van der Waals surface area contributed by atoms with Crippen molar-refractivity contribution < 1.29 is 38.3 Å². The van der Waals surface area contributed by atoms with Gasteiger partial charge < -0.3 is 25.2 Å². The lowest BCUT2D eigenvalue weighted by atomic mass is 9.87. The maximum atomic E-state index is 12.3. The predicted octanol–water partition coefficient (Wildman–Crippen LogP) is 3.83. The van der Waals surface area contributed by atoms with E-state index in [2.05, 4.69) is 0 Å². The van der Waals surface area contributed by atoms with Crippen LogP contribution in [0.1, 0.15) is 42.9 Å².